The zero-order chi connectivity index (χ0) is 12.0. The summed E-state index contributed by atoms with van der Waals surface area (Å²) in [6.07, 6.45) is 1.57. The lowest BCUT2D eigenvalue weighted by atomic mass is 10.1. The Kier molecular flexibility index (Phi) is 5.53. The lowest BCUT2D eigenvalue weighted by Crippen LogP contribution is -2.22. The highest BCUT2D eigenvalue weighted by Gasteiger charge is 2.03. The van der Waals surface area contributed by atoms with Crippen LogP contribution < -0.4 is 5.32 Å². The average molecular weight is 284 g/mol. The van der Waals surface area contributed by atoms with Crippen molar-refractivity contribution in [3.63, 3.8) is 0 Å². The van der Waals surface area contributed by atoms with E-state index in [0.29, 0.717) is 18.9 Å². The van der Waals surface area contributed by atoms with Gasteiger partial charge in [-0.3, -0.25) is 4.79 Å². The number of carbonyl (C=O) groups is 1. The van der Waals surface area contributed by atoms with Crippen LogP contribution in [-0.4, -0.2) is 5.91 Å². The van der Waals surface area contributed by atoms with E-state index in [1.54, 1.807) is 0 Å². The number of hydrogen-bond donors (Lipinski definition) is 1. The molecule has 1 N–H and O–H groups in total. The summed E-state index contributed by atoms with van der Waals surface area (Å²) in [7, 11) is 0. The number of amides is 1. The minimum absolute atomic E-state index is 0.133. The monoisotopic (exact) mass is 283 g/mol. The van der Waals surface area contributed by atoms with Crippen LogP contribution in [0.1, 0.15) is 32.3 Å². The van der Waals surface area contributed by atoms with Gasteiger partial charge in [0.25, 0.3) is 0 Å². The van der Waals surface area contributed by atoms with Crippen molar-refractivity contribution in [3.8, 4) is 0 Å². The minimum atomic E-state index is 0.133. The number of rotatable bonds is 5. The molecule has 0 radical (unpaired) electrons. The van der Waals surface area contributed by atoms with Gasteiger partial charge in [-0.15, -0.1) is 0 Å². The molecule has 0 aliphatic carbocycles. The van der Waals surface area contributed by atoms with Gasteiger partial charge in [-0.25, -0.2) is 0 Å². The second-order valence-corrected chi connectivity index (χ2v) is 5.25. The number of nitrogens with one attached hydrogen (secondary N) is 1. The van der Waals surface area contributed by atoms with E-state index >= 15 is 0 Å². The lowest BCUT2D eigenvalue weighted by Gasteiger charge is -2.07. The van der Waals surface area contributed by atoms with Crippen LogP contribution in [0.3, 0.4) is 0 Å². The topological polar surface area (TPSA) is 29.1 Å². The molecule has 0 bridgehead atoms. The first-order valence-corrected chi connectivity index (χ1v) is 6.38. The zero-order valence-corrected chi connectivity index (χ0v) is 11.4. The summed E-state index contributed by atoms with van der Waals surface area (Å²) < 4.78 is 1.04. The van der Waals surface area contributed by atoms with Gasteiger partial charge in [-0.2, -0.15) is 0 Å². The Hall–Kier alpha value is -0.830. The predicted molar refractivity (Wildman–Crippen MR) is 70.1 cm³/mol. The molecule has 0 aromatic heterocycles. The van der Waals surface area contributed by atoms with Crippen LogP contribution in [-0.2, 0) is 11.3 Å². The van der Waals surface area contributed by atoms with Crippen LogP contribution in [0.15, 0.2) is 28.7 Å². The third-order valence-electron chi connectivity index (χ3n) is 2.33. The van der Waals surface area contributed by atoms with Crippen molar-refractivity contribution in [2.75, 3.05) is 0 Å². The van der Waals surface area contributed by atoms with Gasteiger partial charge in [0.05, 0.1) is 0 Å². The number of carbonyl (C=O) groups excluding carboxylic acids is 1. The maximum atomic E-state index is 11.5. The third kappa shape index (κ3) is 5.31. The van der Waals surface area contributed by atoms with E-state index in [4.69, 9.17) is 0 Å². The van der Waals surface area contributed by atoms with E-state index < -0.39 is 0 Å². The van der Waals surface area contributed by atoms with Crippen molar-refractivity contribution in [2.24, 2.45) is 5.92 Å². The number of hydrogen-bond acceptors (Lipinski definition) is 1. The van der Waals surface area contributed by atoms with Gasteiger partial charge in [-0.1, -0.05) is 41.9 Å². The average Bonchev–Trinajstić information content (AvgIpc) is 2.23. The standard InChI is InChI=1S/C13H18BrNO/c1-10(2)6-7-13(16)15-9-11-4-3-5-12(14)8-11/h3-5,8,10H,6-7,9H2,1-2H3,(H,15,16). The van der Waals surface area contributed by atoms with Crippen LogP contribution in [0.2, 0.25) is 0 Å². The smallest absolute Gasteiger partial charge is 0.220 e. The second kappa shape index (κ2) is 6.69. The Bertz CT molecular complexity index is 350. The molecule has 3 heteroatoms. The highest BCUT2D eigenvalue weighted by Crippen LogP contribution is 2.11. The summed E-state index contributed by atoms with van der Waals surface area (Å²) in [5.41, 5.74) is 1.12. The molecule has 0 spiro atoms. The van der Waals surface area contributed by atoms with Crippen molar-refractivity contribution in [2.45, 2.75) is 33.2 Å². The first-order valence-electron chi connectivity index (χ1n) is 5.59. The first kappa shape index (κ1) is 13.2. The highest BCUT2D eigenvalue weighted by atomic mass is 79.9. The number of benzene rings is 1. The summed E-state index contributed by atoms with van der Waals surface area (Å²) in [5, 5.41) is 2.92. The second-order valence-electron chi connectivity index (χ2n) is 4.34. The van der Waals surface area contributed by atoms with Crippen LogP contribution in [0, 0.1) is 5.92 Å². The fourth-order valence-electron chi connectivity index (χ4n) is 1.36. The Morgan fingerprint density at radius 3 is 2.81 bits per heavy atom. The van der Waals surface area contributed by atoms with E-state index in [0.717, 1.165) is 16.5 Å². The molecule has 0 atom stereocenters. The van der Waals surface area contributed by atoms with Crippen LogP contribution >= 0.6 is 15.9 Å². The summed E-state index contributed by atoms with van der Waals surface area (Å²) in [5.74, 6) is 0.713. The lowest BCUT2D eigenvalue weighted by molar-refractivity contribution is -0.121. The Morgan fingerprint density at radius 1 is 1.44 bits per heavy atom. The van der Waals surface area contributed by atoms with Crippen LogP contribution in [0.4, 0.5) is 0 Å². The van der Waals surface area contributed by atoms with Gasteiger partial charge in [0, 0.05) is 17.4 Å². The Morgan fingerprint density at radius 2 is 2.19 bits per heavy atom. The largest absolute Gasteiger partial charge is 0.352 e. The molecule has 1 rings (SSSR count). The van der Waals surface area contributed by atoms with Gasteiger partial charge < -0.3 is 5.32 Å². The molecule has 1 aromatic carbocycles. The summed E-state index contributed by atoms with van der Waals surface area (Å²) in [6.45, 7) is 4.86. The molecule has 0 saturated carbocycles. The third-order valence-corrected chi connectivity index (χ3v) is 2.82. The maximum absolute atomic E-state index is 11.5. The molecule has 16 heavy (non-hydrogen) atoms. The van der Waals surface area contributed by atoms with Gasteiger partial charge in [-0.05, 0) is 30.0 Å². The summed E-state index contributed by atoms with van der Waals surface area (Å²) in [4.78, 5) is 11.5. The maximum Gasteiger partial charge on any atom is 0.220 e. The number of halogens is 1. The quantitative estimate of drug-likeness (QED) is 0.881. The van der Waals surface area contributed by atoms with E-state index in [1.807, 2.05) is 24.3 Å². The molecule has 0 aliphatic heterocycles. The molecule has 88 valence electrons. The zero-order valence-electron chi connectivity index (χ0n) is 9.79. The van der Waals surface area contributed by atoms with Crippen LogP contribution in [0.25, 0.3) is 0 Å². The molecule has 1 amide bonds. The summed E-state index contributed by atoms with van der Waals surface area (Å²) >= 11 is 3.41. The van der Waals surface area contributed by atoms with Gasteiger partial charge in [0.15, 0.2) is 0 Å². The predicted octanol–water partition coefficient (Wildman–Crippen LogP) is 3.50. The Labute approximate surface area is 106 Å². The molecule has 2 nitrogen and oxygen atoms in total. The molecule has 0 unspecified atom stereocenters. The highest BCUT2D eigenvalue weighted by molar-refractivity contribution is 9.10. The summed E-state index contributed by atoms with van der Waals surface area (Å²) in [6, 6.07) is 7.97. The van der Waals surface area contributed by atoms with Crippen LogP contribution in [0.5, 0.6) is 0 Å². The van der Waals surface area contributed by atoms with Crippen molar-refractivity contribution in [3.05, 3.63) is 34.3 Å². The molecule has 0 saturated heterocycles. The van der Waals surface area contributed by atoms with Gasteiger partial charge >= 0.3 is 0 Å². The van der Waals surface area contributed by atoms with E-state index in [1.165, 1.54) is 0 Å². The fourth-order valence-corrected chi connectivity index (χ4v) is 1.80. The van der Waals surface area contributed by atoms with E-state index in [9.17, 15) is 4.79 Å². The van der Waals surface area contributed by atoms with Crippen molar-refractivity contribution in [1.29, 1.82) is 0 Å². The van der Waals surface area contributed by atoms with E-state index in [-0.39, 0.29) is 5.91 Å². The molecular formula is C13H18BrNO. The molecule has 0 fully saturated rings. The SMILES string of the molecule is CC(C)CCC(=O)NCc1cccc(Br)c1. The van der Waals surface area contributed by atoms with Crippen molar-refractivity contribution < 1.29 is 4.79 Å². The van der Waals surface area contributed by atoms with E-state index in [2.05, 4.69) is 35.1 Å². The molecule has 0 aliphatic rings. The van der Waals surface area contributed by atoms with Gasteiger partial charge in [0.1, 0.15) is 0 Å². The molecule has 1 aromatic rings. The van der Waals surface area contributed by atoms with Gasteiger partial charge in [0.2, 0.25) is 5.91 Å². The minimum Gasteiger partial charge on any atom is -0.352 e. The Balaban J connectivity index is 2.31. The molecular weight excluding hydrogens is 266 g/mol. The van der Waals surface area contributed by atoms with Crippen molar-refractivity contribution in [1.82, 2.24) is 5.32 Å². The first-order chi connectivity index (χ1) is 7.58. The van der Waals surface area contributed by atoms with Crippen molar-refractivity contribution >= 4 is 21.8 Å². The normalized spacial score (nSPS) is 10.5. The fraction of sp³-hybridized carbons (Fsp3) is 0.462. The molecule has 0 heterocycles.